The summed E-state index contributed by atoms with van der Waals surface area (Å²) in [5.41, 5.74) is 1.08. The van der Waals surface area contributed by atoms with Gasteiger partial charge in [-0.2, -0.15) is 0 Å². The molecule has 2 rings (SSSR count). The summed E-state index contributed by atoms with van der Waals surface area (Å²) in [6.07, 6.45) is 3.30. The topological polar surface area (TPSA) is 50.7 Å². The van der Waals surface area contributed by atoms with Crippen LogP contribution in [0, 0.1) is 0 Å². The zero-order chi connectivity index (χ0) is 13.7. The highest BCUT2D eigenvalue weighted by Crippen LogP contribution is 2.32. The highest BCUT2D eigenvalue weighted by atomic mass is 16.5. The molecular formula is C15H23NO3. The Morgan fingerprint density at radius 2 is 2.11 bits per heavy atom. The predicted molar refractivity (Wildman–Crippen MR) is 74.7 cm³/mol. The Bertz CT molecular complexity index is 410. The zero-order valence-electron chi connectivity index (χ0n) is 11.7. The molecule has 1 aromatic carbocycles. The van der Waals surface area contributed by atoms with Crippen LogP contribution in [0.5, 0.6) is 11.5 Å². The Balaban J connectivity index is 2.00. The second kappa shape index (κ2) is 6.26. The molecule has 1 aliphatic rings. The van der Waals surface area contributed by atoms with Crippen molar-refractivity contribution in [3.8, 4) is 11.5 Å². The summed E-state index contributed by atoms with van der Waals surface area (Å²) in [7, 11) is 1.65. The van der Waals surface area contributed by atoms with Crippen LogP contribution in [0.15, 0.2) is 18.2 Å². The van der Waals surface area contributed by atoms with Gasteiger partial charge in [-0.05, 0) is 43.9 Å². The van der Waals surface area contributed by atoms with Crippen molar-refractivity contribution < 1.29 is 14.6 Å². The van der Waals surface area contributed by atoms with Gasteiger partial charge in [-0.3, -0.25) is 0 Å². The lowest BCUT2D eigenvalue weighted by molar-refractivity contribution is 0.0872. The van der Waals surface area contributed by atoms with E-state index in [-0.39, 0.29) is 12.1 Å². The molecule has 4 nitrogen and oxygen atoms in total. The van der Waals surface area contributed by atoms with Gasteiger partial charge in [0, 0.05) is 12.1 Å². The zero-order valence-corrected chi connectivity index (χ0v) is 11.7. The van der Waals surface area contributed by atoms with Crippen LogP contribution in [0.2, 0.25) is 0 Å². The number of nitrogens with one attached hydrogen (secondary N) is 1. The number of benzene rings is 1. The number of rotatable bonds is 7. The number of aliphatic hydroxyl groups excluding tert-OH is 1. The largest absolute Gasteiger partial charge is 0.493 e. The summed E-state index contributed by atoms with van der Waals surface area (Å²) in [4.78, 5) is 0. The normalized spacial score (nSPS) is 16.8. The third kappa shape index (κ3) is 3.19. The maximum atomic E-state index is 9.42. The first kappa shape index (κ1) is 14.2. The lowest BCUT2D eigenvalue weighted by atomic mass is 9.77. The molecule has 0 spiro atoms. The van der Waals surface area contributed by atoms with Crippen LogP contribution in [-0.4, -0.2) is 31.0 Å². The van der Waals surface area contributed by atoms with Crippen LogP contribution in [-0.2, 0) is 6.54 Å². The van der Waals surface area contributed by atoms with Crippen molar-refractivity contribution in [2.45, 2.75) is 38.3 Å². The van der Waals surface area contributed by atoms with Gasteiger partial charge in [0.25, 0.3) is 0 Å². The van der Waals surface area contributed by atoms with E-state index in [1.54, 1.807) is 7.11 Å². The van der Waals surface area contributed by atoms with E-state index in [9.17, 15) is 5.11 Å². The van der Waals surface area contributed by atoms with E-state index in [0.29, 0.717) is 6.61 Å². The van der Waals surface area contributed by atoms with E-state index in [2.05, 4.69) is 5.32 Å². The Morgan fingerprint density at radius 3 is 2.63 bits per heavy atom. The number of hydrogen-bond acceptors (Lipinski definition) is 4. The van der Waals surface area contributed by atoms with Gasteiger partial charge in [0.2, 0.25) is 0 Å². The van der Waals surface area contributed by atoms with Crippen LogP contribution in [0.25, 0.3) is 0 Å². The molecule has 1 fully saturated rings. The molecule has 1 saturated carbocycles. The van der Waals surface area contributed by atoms with Crippen molar-refractivity contribution in [1.82, 2.24) is 5.32 Å². The third-order valence-electron chi connectivity index (χ3n) is 3.81. The van der Waals surface area contributed by atoms with E-state index in [1.165, 1.54) is 6.42 Å². The Hall–Kier alpha value is -1.26. The van der Waals surface area contributed by atoms with Crippen LogP contribution in [0.4, 0.5) is 0 Å². The summed E-state index contributed by atoms with van der Waals surface area (Å²) in [5, 5.41) is 12.9. The Labute approximate surface area is 114 Å². The maximum Gasteiger partial charge on any atom is 0.161 e. The molecule has 19 heavy (non-hydrogen) atoms. The van der Waals surface area contributed by atoms with Crippen LogP contribution >= 0.6 is 0 Å². The average molecular weight is 265 g/mol. The smallest absolute Gasteiger partial charge is 0.161 e. The van der Waals surface area contributed by atoms with Gasteiger partial charge in [-0.15, -0.1) is 0 Å². The fourth-order valence-electron chi connectivity index (χ4n) is 2.38. The molecule has 0 heterocycles. The Kier molecular flexibility index (Phi) is 4.66. The molecule has 0 saturated heterocycles. The lowest BCUT2D eigenvalue weighted by Gasteiger charge is -2.41. The molecule has 0 aliphatic heterocycles. The van der Waals surface area contributed by atoms with E-state index in [1.807, 2.05) is 25.1 Å². The van der Waals surface area contributed by atoms with Gasteiger partial charge in [0.1, 0.15) is 0 Å². The second-order valence-electron chi connectivity index (χ2n) is 5.06. The molecule has 0 bridgehead atoms. The molecule has 2 N–H and O–H groups in total. The summed E-state index contributed by atoms with van der Waals surface area (Å²) in [5.74, 6) is 1.53. The number of hydrogen-bond donors (Lipinski definition) is 2. The van der Waals surface area contributed by atoms with Crippen molar-refractivity contribution in [2.24, 2.45) is 0 Å². The summed E-state index contributed by atoms with van der Waals surface area (Å²) in [6, 6.07) is 5.96. The first-order valence-corrected chi connectivity index (χ1v) is 6.88. The van der Waals surface area contributed by atoms with E-state index in [0.717, 1.165) is 36.4 Å². The van der Waals surface area contributed by atoms with Gasteiger partial charge in [-0.25, -0.2) is 0 Å². The summed E-state index contributed by atoms with van der Waals surface area (Å²) in [6.45, 7) is 3.53. The van der Waals surface area contributed by atoms with Gasteiger partial charge < -0.3 is 19.9 Å². The molecule has 0 aromatic heterocycles. The molecule has 0 radical (unpaired) electrons. The van der Waals surface area contributed by atoms with Crippen LogP contribution < -0.4 is 14.8 Å². The van der Waals surface area contributed by atoms with E-state index in [4.69, 9.17) is 9.47 Å². The highest BCUT2D eigenvalue weighted by molar-refractivity contribution is 5.43. The minimum Gasteiger partial charge on any atom is -0.493 e. The maximum absolute atomic E-state index is 9.42. The first-order chi connectivity index (χ1) is 9.23. The van der Waals surface area contributed by atoms with Crippen LogP contribution in [0.3, 0.4) is 0 Å². The Morgan fingerprint density at radius 1 is 1.32 bits per heavy atom. The lowest BCUT2D eigenvalue weighted by Crippen LogP contribution is -2.53. The van der Waals surface area contributed by atoms with Gasteiger partial charge >= 0.3 is 0 Å². The SMILES string of the molecule is CCOc1ccc(CNC2(CO)CCC2)cc1OC. The molecule has 106 valence electrons. The predicted octanol–water partition coefficient (Wildman–Crippen LogP) is 2.10. The number of ether oxygens (including phenoxy) is 2. The number of methoxy groups -OCH3 is 1. The van der Waals surface area contributed by atoms with Gasteiger partial charge in [-0.1, -0.05) is 6.07 Å². The van der Waals surface area contributed by atoms with E-state index >= 15 is 0 Å². The quantitative estimate of drug-likeness (QED) is 0.792. The molecule has 1 aromatic rings. The van der Waals surface area contributed by atoms with E-state index < -0.39 is 0 Å². The monoisotopic (exact) mass is 265 g/mol. The number of aliphatic hydroxyl groups is 1. The molecule has 1 aliphatic carbocycles. The standard InChI is InChI=1S/C15H23NO3/c1-3-19-13-6-5-12(9-14(13)18-2)10-16-15(11-17)7-4-8-15/h5-6,9,16-17H,3-4,7-8,10-11H2,1-2H3. The van der Waals surface area contributed by atoms with Crippen molar-refractivity contribution in [1.29, 1.82) is 0 Å². The molecule has 0 unspecified atom stereocenters. The minimum atomic E-state index is -0.0637. The van der Waals surface area contributed by atoms with Crippen LogP contribution in [0.1, 0.15) is 31.7 Å². The van der Waals surface area contributed by atoms with Crippen molar-refractivity contribution in [3.05, 3.63) is 23.8 Å². The van der Waals surface area contributed by atoms with Crippen molar-refractivity contribution in [2.75, 3.05) is 20.3 Å². The summed E-state index contributed by atoms with van der Waals surface area (Å²) >= 11 is 0. The molecule has 0 amide bonds. The van der Waals surface area contributed by atoms with Gasteiger partial charge in [0.05, 0.1) is 20.3 Å². The molecular weight excluding hydrogens is 242 g/mol. The third-order valence-corrected chi connectivity index (χ3v) is 3.81. The molecule has 0 atom stereocenters. The second-order valence-corrected chi connectivity index (χ2v) is 5.06. The highest BCUT2D eigenvalue weighted by Gasteiger charge is 2.35. The fraction of sp³-hybridized carbons (Fsp3) is 0.600. The van der Waals surface area contributed by atoms with Gasteiger partial charge in [0.15, 0.2) is 11.5 Å². The van der Waals surface area contributed by atoms with Crippen molar-refractivity contribution >= 4 is 0 Å². The average Bonchev–Trinajstić information content (AvgIpc) is 2.39. The summed E-state index contributed by atoms with van der Waals surface area (Å²) < 4.78 is 10.8. The first-order valence-electron chi connectivity index (χ1n) is 6.88. The minimum absolute atomic E-state index is 0.0637. The fourth-order valence-corrected chi connectivity index (χ4v) is 2.38. The van der Waals surface area contributed by atoms with Crippen molar-refractivity contribution in [3.63, 3.8) is 0 Å². The molecule has 4 heteroatoms.